The molecule has 1 aromatic rings. The molecule has 2 aliphatic heterocycles. The smallest absolute Gasteiger partial charge is 0.288 e. The molecule has 7 nitrogen and oxygen atoms in total. The molecule has 0 fully saturated rings. The molecule has 2 aliphatic rings. The second kappa shape index (κ2) is 8.42. The normalized spacial score (nSPS) is 21.1. The predicted octanol–water partition coefficient (Wildman–Crippen LogP) is 2.01. The van der Waals surface area contributed by atoms with Crippen LogP contribution in [0.25, 0.3) is 0 Å². The lowest BCUT2D eigenvalue weighted by molar-refractivity contribution is -0.151. The van der Waals surface area contributed by atoms with Crippen molar-refractivity contribution in [3.05, 3.63) is 35.6 Å². The first-order chi connectivity index (χ1) is 12.6. The van der Waals surface area contributed by atoms with Crippen molar-refractivity contribution in [2.24, 2.45) is 0 Å². The number of carbonyl (C=O) groups excluding carboxylic acids is 1. The Kier molecular flexibility index (Phi) is 6.00. The van der Waals surface area contributed by atoms with Crippen molar-refractivity contribution in [3.8, 4) is 11.5 Å². The molecule has 26 heavy (non-hydrogen) atoms. The van der Waals surface area contributed by atoms with E-state index in [1.54, 1.807) is 14.1 Å². The number of allylic oxidation sites excluding steroid dienone is 1. The van der Waals surface area contributed by atoms with Gasteiger partial charge in [-0.2, -0.15) is 0 Å². The molecule has 0 aliphatic carbocycles. The third kappa shape index (κ3) is 4.28. The Morgan fingerprint density at radius 1 is 1.27 bits per heavy atom. The maximum Gasteiger partial charge on any atom is 0.288 e. The molecule has 1 amide bonds. The molecule has 2 atom stereocenters. The van der Waals surface area contributed by atoms with Crippen LogP contribution in [0.4, 0.5) is 0 Å². The fraction of sp³-hybridized carbons (Fsp3) is 0.526. The number of ether oxygens (including phenoxy) is 4. The van der Waals surface area contributed by atoms with Gasteiger partial charge in [-0.3, -0.25) is 4.79 Å². The quantitative estimate of drug-likeness (QED) is 0.747. The van der Waals surface area contributed by atoms with E-state index in [-0.39, 0.29) is 31.0 Å². The van der Waals surface area contributed by atoms with Crippen molar-refractivity contribution in [1.82, 2.24) is 4.90 Å². The highest BCUT2D eigenvalue weighted by Crippen LogP contribution is 2.38. The summed E-state index contributed by atoms with van der Waals surface area (Å²) in [4.78, 5) is 13.9. The van der Waals surface area contributed by atoms with Crippen LogP contribution < -0.4 is 9.47 Å². The fourth-order valence-corrected chi connectivity index (χ4v) is 2.94. The first kappa shape index (κ1) is 18.5. The first-order valence-electron chi connectivity index (χ1n) is 8.80. The number of nitrogens with zero attached hydrogens (tertiary/aromatic N) is 1. The van der Waals surface area contributed by atoms with Gasteiger partial charge in [-0.25, -0.2) is 0 Å². The molecule has 1 N–H and O–H groups in total. The zero-order chi connectivity index (χ0) is 18.5. The molecule has 0 saturated carbocycles. The number of carbonyl (C=O) groups is 1. The highest BCUT2D eigenvalue weighted by atomic mass is 16.7. The van der Waals surface area contributed by atoms with Gasteiger partial charge in [-0.05, 0) is 36.6 Å². The predicted molar refractivity (Wildman–Crippen MR) is 93.8 cm³/mol. The SMILES string of the molecule is CN(C)C(=O)C1=C[C@H](c2ccc3c(c2)OCO3)C[C@H](OCCCCO)O1. The summed E-state index contributed by atoms with van der Waals surface area (Å²) in [6.45, 7) is 0.838. The van der Waals surface area contributed by atoms with Gasteiger partial charge in [0.2, 0.25) is 13.1 Å². The molecule has 142 valence electrons. The van der Waals surface area contributed by atoms with E-state index in [0.29, 0.717) is 25.2 Å². The zero-order valence-corrected chi connectivity index (χ0v) is 15.1. The van der Waals surface area contributed by atoms with E-state index in [4.69, 9.17) is 24.1 Å². The molecule has 0 unspecified atom stereocenters. The van der Waals surface area contributed by atoms with Crippen LogP contribution >= 0.6 is 0 Å². The Bertz CT molecular complexity index is 672. The monoisotopic (exact) mass is 363 g/mol. The Morgan fingerprint density at radius 2 is 2.08 bits per heavy atom. The average Bonchev–Trinajstić information content (AvgIpc) is 3.12. The number of likely N-dealkylation sites (N-methyl/N-ethyl adjacent to an activating group) is 1. The highest BCUT2D eigenvalue weighted by Gasteiger charge is 2.30. The van der Waals surface area contributed by atoms with Crippen LogP contribution in [-0.2, 0) is 14.3 Å². The van der Waals surface area contributed by atoms with Gasteiger partial charge in [0.25, 0.3) is 5.91 Å². The molecule has 3 rings (SSSR count). The van der Waals surface area contributed by atoms with Gasteiger partial charge in [0.1, 0.15) is 0 Å². The van der Waals surface area contributed by atoms with Crippen molar-refractivity contribution in [1.29, 1.82) is 0 Å². The van der Waals surface area contributed by atoms with Crippen LogP contribution in [0.1, 0.15) is 30.7 Å². The number of hydrogen-bond donors (Lipinski definition) is 1. The Balaban J connectivity index is 1.77. The molecule has 2 heterocycles. The third-order valence-electron chi connectivity index (χ3n) is 4.36. The van der Waals surface area contributed by atoms with Crippen molar-refractivity contribution >= 4 is 5.91 Å². The molecule has 1 aromatic carbocycles. The van der Waals surface area contributed by atoms with Crippen molar-refractivity contribution in [3.63, 3.8) is 0 Å². The van der Waals surface area contributed by atoms with Crippen LogP contribution in [0, 0.1) is 0 Å². The van der Waals surface area contributed by atoms with Crippen LogP contribution in [-0.4, -0.2) is 56.3 Å². The summed E-state index contributed by atoms with van der Waals surface area (Å²) in [7, 11) is 3.38. The van der Waals surface area contributed by atoms with E-state index in [2.05, 4.69) is 0 Å². The summed E-state index contributed by atoms with van der Waals surface area (Å²) in [5.41, 5.74) is 1.02. The minimum Gasteiger partial charge on any atom is -0.459 e. The van der Waals surface area contributed by atoms with Gasteiger partial charge in [0.05, 0.1) is 6.61 Å². The van der Waals surface area contributed by atoms with Crippen LogP contribution in [0.3, 0.4) is 0 Å². The second-order valence-electron chi connectivity index (χ2n) is 6.53. The minimum atomic E-state index is -0.506. The number of fused-ring (bicyclic) bond motifs is 1. The van der Waals surface area contributed by atoms with E-state index in [1.807, 2.05) is 24.3 Å². The number of unbranched alkanes of at least 4 members (excludes halogenated alkanes) is 1. The minimum absolute atomic E-state index is 0.0278. The Hall–Kier alpha value is -2.25. The molecule has 7 heteroatoms. The van der Waals surface area contributed by atoms with E-state index in [9.17, 15) is 4.79 Å². The lowest BCUT2D eigenvalue weighted by Gasteiger charge is -2.30. The zero-order valence-electron chi connectivity index (χ0n) is 15.1. The molecule has 0 spiro atoms. The number of rotatable bonds is 7. The van der Waals surface area contributed by atoms with Crippen LogP contribution in [0.5, 0.6) is 11.5 Å². The Labute approximate surface area is 153 Å². The van der Waals surface area contributed by atoms with Crippen molar-refractivity contribution < 1.29 is 28.8 Å². The summed E-state index contributed by atoms with van der Waals surface area (Å²) in [6, 6.07) is 5.79. The summed E-state index contributed by atoms with van der Waals surface area (Å²) in [5, 5.41) is 8.88. The molecule has 0 aromatic heterocycles. The number of benzene rings is 1. The molecular formula is C19H25NO6. The van der Waals surface area contributed by atoms with Crippen LogP contribution in [0.15, 0.2) is 30.0 Å². The van der Waals surface area contributed by atoms with Gasteiger partial charge in [0, 0.05) is 33.0 Å². The standard InChI is InChI=1S/C19H25NO6/c1-20(2)19(22)17-10-14(11-18(26-17)23-8-4-3-7-21)13-5-6-15-16(9-13)25-12-24-15/h5-6,9-10,14,18,21H,3-4,7-8,11-12H2,1-2H3/t14-,18+/m0/s1. The maximum atomic E-state index is 12.4. The van der Waals surface area contributed by atoms with Gasteiger partial charge < -0.3 is 29.0 Å². The first-order valence-corrected chi connectivity index (χ1v) is 8.80. The number of aliphatic hydroxyl groups excluding tert-OH is 1. The van der Waals surface area contributed by atoms with Gasteiger partial charge in [0.15, 0.2) is 17.3 Å². The molecule has 0 bridgehead atoms. The topological polar surface area (TPSA) is 77.5 Å². The summed E-state index contributed by atoms with van der Waals surface area (Å²) >= 11 is 0. The van der Waals surface area contributed by atoms with E-state index in [1.165, 1.54) is 4.90 Å². The van der Waals surface area contributed by atoms with E-state index in [0.717, 1.165) is 17.7 Å². The molecule has 0 radical (unpaired) electrons. The lowest BCUT2D eigenvalue weighted by Crippen LogP contribution is -2.32. The summed E-state index contributed by atoms with van der Waals surface area (Å²) < 4.78 is 22.4. The van der Waals surface area contributed by atoms with E-state index < -0.39 is 6.29 Å². The van der Waals surface area contributed by atoms with Crippen molar-refractivity contribution in [2.75, 3.05) is 34.1 Å². The third-order valence-corrected chi connectivity index (χ3v) is 4.36. The highest BCUT2D eigenvalue weighted by molar-refractivity contribution is 5.91. The number of aliphatic hydroxyl groups is 1. The molecular weight excluding hydrogens is 338 g/mol. The van der Waals surface area contributed by atoms with Gasteiger partial charge in [-0.15, -0.1) is 0 Å². The van der Waals surface area contributed by atoms with E-state index >= 15 is 0 Å². The Morgan fingerprint density at radius 3 is 2.85 bits per heavy atom. The van der Waals surface area contributed by atoms with Crippen molar-refractivity contribution in [2.45, 2.75) is 31.5 Å². The number of amides is 1. The maximum absolute atomic E-state index is 12.4. The second-order valence-corrected chi connectivity index (χ2v) is 6.53. The summed E-state index contributed by atoms with van der Waals surface area (Å²) in [5.74, 6) is 1.50. The fourth-order valence-electron chi connectivity index (χ4n) is 2.94. The number of hydrogen-bond acceptors (Lipinski definition) is 6. The largest absolute Gasteiger partial charge is 0.459 e. The van der Waals surface area contributed by atoms with Crippen LogP contribution in [0.2, 0.25) is 0 Å². The van der Waals surface area contributed by atoms with Gasteiger partial charge >= 0.3 is 0 Å². The van der Waals surface area contributed by atoms with Gasteiger partial charge in [-0.1, -0.05) is 6.07 Å². The lowest BCUT2D eigenvalue weighted by atomic mass is 9.92. The summed E-state index contributed by atoms with van der Waals surface area (Å²) in [6.07, 6.45) is 3.35. The molecule has 0 saturated heterocycles. The average molecular weight is 363 g/mol.